The maximum Gasteiger partial charge on any atom is 0.338 e. The average Bonchev–Trinajstić information content (AvgIpc) is 2.79. The van der Waals surface area contributed by atoms with Crippen LogP contribution in [-0.2, 0) is 9.53 Å². The van der Waals surface area contributed by atoms with Gasteiger partial charge in [-0.2, -0.15) is 0 Å². The fraction of sp³-hybridized carbons (Fsp3) is 0.231. The molecule has 2 amide bonds. The first-order chi connectivity index (χ1) is 9.20. The summed E-state index contributed by atoms with van der Waals surface area (Å²) in [5, 5.41) is 5.31. The van der Waals surface area contributed by atoms with Gasteiger partial charge in [0.05, 0.1) is 24.4 Å². The number of para-hydroxylation sites is 1. The van der Waals surface area contributed by atoms with Gasteiger partial charge < -0.3 is 20.1 Å². The highest BCUT2D eigenvalue weighted by molar-refractivity contribution is 5.97. The van der Waals surface area contributed by atoms with Crippen molar-refractivity contribution in [1.29, 1.82) is 0 Å². The number of hydrogen-bond acceptors (Lipinski definition) is 4. The molecule has 1 aromatic carbocycles. The lowest BCUT2D eigenvalue weighted by molar-refractivity contribution is -0.136. The fourth-order valence-electron chi connectivity index (χ4n) is 2.33. The van der Waals surface area contributed by atoms with Crippen molar-refractivity contribution in [3.05, 3.63) is 41.1 Å². The van der Waals surface area contributed by atoms with Crippen molar-refractivity contribution in [3.8, 4) is 5.75 Å². The molecule has 0 unspecified atom stereocenters. The molecular formula is C13H12N2O4. The van der Waals surface area contributed by atoms with Crippen molar-refractivity contribution in [1.82, 2.24) is 10.6 Å². The third-order valence-corrected chi connectivity index (χ3v) is 3.17. The van der Waals surface area contributed by atoms with Gasteiger partial charge in [0, 0.05) is 5.56 Å². The second kappa shape index (κ2) is 4.31. The normalized spacial score (nSPS) is 21.4. The van der Waals surface area contributed by atoms with Gasteiger partial charge in [0.15, 0.2) is 0 Å². The van der Waals surface area contributed by atoms with Crippen molar-refractivity contribution in [2.24, 2.45) is 0 Å². The van der Waals surface area contributed by atoms with E-state index in [1.54, 1.807) is 13.2 Å². The van der Waals surface area contributed by atoms with E-state index >= 15 is 0 Å². The Labute approximate surface area is 109 Å². The first-order valence-electron chi connectivity index (χ1n) is 5.81. The van der Waals surface area contributed by atoms with Crippen molar-refractivity contribution in [2.45, 2.75) is 6.04 Å². The highest BCUT2D eigenvalue weighted by atomic mass is 16.5. The molecule has 0 aliphatic carbocycles. The van der Waals surface area contributed by atoms with Gasteiger partial charge in [-0.3, -0.25) is 0 Å². The van der Waals surface area contributed by atoms with Gasteiger partial charge in [0.25, 0.3) is 0 Å². The lowest BCUT2D eigenvalue weighted by Gasteiger charge is -2.25. The third-order valence-electron chi connectivity index (χ3n) is 3.17. The van der Waals surface area contributed by atoms with Gasteiger partial charge >= 0.3 is 12.0 Å². The lowest BCUT2D eigenvalue weighted by atomic mass is 9.95. The van der Waals surface area contributed by atoms with Crippen LogP contribution in [-0.4, -0.2) is 25.7 Å². The molecule has 2 aliphatic rings. The monoisotopic (exact) mass is 260 g/mol. The van der Waals surface area contributed by atoms with Crippen LogP contribution in [0.2, 0.25) is 0 Å². The Morgan fingerprint density at radius 1 is 1.32 bits per heavy atom. The van der Waals surface area contributed by atoms with Gasteiger partial charge in [-0.15, -0.1) is 0 Å². The summed E-state index contributed by atoms with van der Waals surface area (Å²) in [5.41, 5.74) is 1.68. The van der Waals surface area contributed by atoms with E-state index < -0.39 is 12.0 Å². The zero-order valence-corrected chi connectivity index (χ0v) is 10.2. The van der Waals surface area contributed by atoms with Crippen LogP contribution in [0.4, 0.5) is 4.79 Å². The molecule has 98 valence electrons. The van der Waals surface area contributed by atoms with E-state index in [0.29, 0.717) is 17.0 Å². The van der Waals surface area contributed by atoms with E-state index in [0.717, 1.165) is 5.56 Å². The number of nitrogens with one attached hydrogen (secondary N) is 2. The Hall–Kier alpha value is -2.50. The minimum absolute atomic E-state index is 0.104. The average molecular weight is 260 g/mol. The highest BCUT2D eigenvalue weighted by Crippen LogP contribution is 2.35. The van der Waals surface area contributed by atoms with Crippen LogP contribution in [0.3, 0.4) is 0 Å². The van der Waals surface area contributed by atoms with Crippen LogP contribution in [0.5, 0.6) is 5.75 Å². The Morgan fingerprint density at radius 3 is 2.89 bits per heavy atom. The van der Waals surface area contributed by atoms with Crippen molar-refractivity contribution in [2.75, 3.05) is 13.7 Å². The Balaban J connectivity index is 2.10. The Kier molecular flexibility index (Phi) is 2.63. The van der Waals surface area contributed by atoms with Crippen LogP contribution >= 0.6 is 0 Å². The summed E-state index contributed by atoms with van der Waals surface area (Å²) in [6.07, 6.45) is 0. The molecule has 0 aromatic heterocycles. The van der Waals surface area contributed by atoms with Gasteiger partial charge in [-0.25, -0.2) is 9.59 Å². The number of methoxy groups -OCH3 is 1. The molecule has 3 rings (SSSR count). The molecule has 6 heteroatoms. The Bertz CT molecular complexity index is 594. The van der Waals surface area contributed by atoms with Crippen molar-refractivity contribution >= 4 is 12.0 Å². The number of urea groups is 1. The number of amides is 2. The maximum absolute atomic E-state index is 11.8. The maximum atomic E-state index is 11.8. The number of carbonyl (C=O) groups excluding carboxylic acids is 2. The summed E-state index contributed by atoms with van der Waals surface area (Å²) in [6, 6.07) is 6.35. The minimum atomic E-state index is -0.546. The largest absolute Gasteiger partial charge is 0.496 e. The van der Waals surface area contributed by atoms with E-state index in [1.165, 1.54) is 0 Å². The molecule has 2 aliphatic heterocycles. The first-order valence-corrected chi connectivity index (χ1v) is 5.81. The molecule has 1 aromatic rings. The van der Waals surface area contributed by atoms with Gasteiger partial charge in [-0.05, 0) is 6.07 Å². The summed E-state index contributed by atoms with van der Waals surface area (Å²) < 4.78 is 10.2. The van der Waals surface area contributed by atoms with E-state index in [1.807, 2.05) is 18.2 Å². The molecule has 0 radical (unpaired) electrons. The molecule has 6 nitrogen and oxygen atoms in total. The van der Waals surface area contributed by atoms with E-state index in [-0.39, 0.29) is 12.6 Å². The molecule has 0 saturated carbocycles. The fourth-order valence-corrected chi connectivity index (χ4v) is 2.33. The van der Waals surface area contributed by atoms with E-state index in [4.69, 9.17) is 9.47 Å². The summed E-state index contributed by atoms with van der Waals surface area (Å²) in [5.74, 6) is 0.194. The Morgan fingerprint density at radius 2 is 2.11 bits per heavy atom. The number of rotatable bonds is 2. The molecule has 2 N–H and O–H groups in total. The van der Waals surface area contributed by atoms with E-state index in [9.17, 15) is 9.59 Å². The van der Waals surface area contributed by atoms with Crippen LogP contribution in [0.25, 0.3) is 0 Å². The second-order valence-electron chi connectivity index (χ2n) is 4.24. The van der Waals surface area contributed by atoms with Crippen molar-refractivity contribution in [3.63, 3.8) is 0 Å². The van der Waals surface area contributed by atoms with E-state index in [2.05, 4.69) is 10.6 Å². The smallest absolute Gasteiger partial charge is 0.338 e. The highest BCUT2D eigenvalue weighted by Gasteiger charge is 2.38. The summed E-state index contributed by atoms with van der Waals surface area (Å²) >= 11 is 0. The molecule has 0 spiro atoms. The van der Waals surface area contributed by atoms with Gasteiger partial charge in [0.2, 0.25) is 0 Å². The first kappa shape index (κ1) is 11.6. The number of ether oxygens (including phenoxy) is 2. The summed E-state index contributed by atoms with van der Waals surface area (Å²) in [6.45, 7) is 0.104. The van der Waals surface area contributed by atoms with Crippen LogP contribution in [0, 0.1) is 0 Å². The quantitative estimate of drug-likeness (QED) is 0.773. The predicted molar refractivity (Wildman–Crippen MR) is 65.4 cm³/mol. The summed E-state index contributed by atoms with van der Waals surface area (Å²) in [7, 11) is 1.55. The SMILES string of the molecule is COc1ccccc1[C@H]1NC(=O)NC2=C1C(=O)OC2. The van der Waals surface area contributed by atoms with Gasteiger partial charge in [0.1, 0.15) is 12.4 Å². The van der Waals surface area contributed by atoms with Crippen LogP contribution in [0.15, 0.2) is 35.5 Å². The number of benzene rings is 1. The summed E-state index contributed by atoms with van der Waals surface area (Å²) in [4.78, 5) is 23.4. The second-order valence-corrected chi connectivity index (χ2v) is 4.24. The third kappa shape index (κ3) is 1.81. The molecule has 19 heavy (non-hydrogen) atoms. The minimum Gasteiger partial charge on any atom is -0.496 e. The number of hydrogen-bond donors (Lipinski definition) is 2. The zero-order chi connectivity index (χ0) is 13.4. The predicted octanol–water partition coefficient (Wildman–Crippen LogP) is 0.860. The van der Waals surface area contributed by atoms with Crippen LogP contribution in [0.1, 0.15) is 11.6 Å². The molecule has 1 atom stereocenters. The zero-order valence-electron chi connectivity index (χ0n) is 10.2. The van der Waals surface area contributed by atoms with Crippen LogP contribution < -0.4 is 15.4 Å². The molecule has 2 heterocycles. The van der Waals surface area contributed by atoms with Crippen molar-refractivity contribution < 1.29 is 19.1 Å². The standard InChI is InChI=1S/C13H12N2O4/c1-18-9-5-3-2-4-7(9)11-10-8(6-19-12(10)16)14-13(17)15-11/h2-5,11H,6H2,1H3,(H2,14,15,17)/t11-/m1/s1. The van der Waals surface area contributed by atoms with Gasteiger partial charge in [-0.1, -0.05) is 18.2 Å². The lowest BCUT2D eigenvalue weighted by Crippen LogP contribution is -2.44. The topological polar surface area (TPSA) is 76.7 Å². The molecular weight excluding hydrogens is 248 g/mol. The number of cyclic esters (lactones) is 1. The number of carbonyl (C=O) groups is 2. The number of esters is 1. The molecule has 0 fully saturated rings. The molecule has 0 saturated heterocycles. The molecule has 0 bridgehead atoms.